The standard InChI is InChI=1S/C16H26N2O/c1-2-5-15-17-10-11-18(15)14-12-13(19)6-9-16(14)7-3-4-8-16/h10-11,13-14,19H,2-9,12H2,1H3. The monoisotopic (exact) mass is 262 g/mol. The van der Waals surface area contributed by atoms with Crippen molar-refractivity contribution in [2.75, 3.05) is 0 Å². The van der Waals surface area contributed by atoms with Gasteiger partial charge in [0.15, 0.2) is 0 Å². The lowest BCUT2D eigenvalue weighted by molar-refractivity contribution is 0.0164. The molecule has 2 fully saturated rings. The summed E-state index contributed by atoms with van der Waals surface area (Å²) in [4.78, 5) is 4.54. The molecule has 1 N–H and O–H groups in total. The maximum Gasteiger partial charge on any atom is 0.108 e. The lowest BCUT2D eigenvalue weighted by atomic mass is 9.68. The summed E-state index contributed by atoms with van der Waals surface area (Å²) in [5.41, 5.74) is 0.447. The Kier molecular flexibility index (Phi) is 3.66. The van der Waals surface area contributed by atoms with Gasteiger partial charge in [-0.3, -0.25) is 0 Å². The maximum absolute atomic E-state index is 10.1. The zero-order valence-corrected chi connectivity index (χ0v) is 12.0. The molecular formula is C16H26N2O. The fourth-order valence-corrected chi connectivity index (χ4v) is 4.36. The van der Waals surface area contributed by atoms with E-state index < -0.39 is 0 Å². The first kappa shape index (κ1) is 13.2. The SMILES string of the molecule is CCCc1nccn1C1CC(O)CCC12CCCC2. The van der Waals surface area contributed by atoms with Gasteiger partial charge in [-0.1, -0.05) is 19.8 Å². The summed E-state index contributed by atoms with van der Waals surface area (Å²) in [5.74, 6) is 1.22. The minimum atomic E-state index is -0.117. The second-order valence-corrected chi connectivity index (χ2v) is 6.51. The lowest BCUT2D eigenvalue weighted by Crippen LogP contribution is -2.38. The quantitative estimate of drug-likeness (QED) is 0.905. The molecule has 0 aromatic carbocycles. The predicted molar refractivity (Wildman–Crippen MR) is 76.0 cm³/mol. The molecule has 1 spiro atoms. The van der Waals surface area contributed by atoms with Crippen LogP contribution in [-0.4, -0.2) is 20.8 Å². The Bertz CT molecular complexity index is 420. The third-order valence-corrected chi connectivity index (χ3v) is 5.34. The van der Waals surface area contributed by atoms with Crippen molar-refractivity contribution in [1.29, 1.82) is 0 Å². The van der Waals surface area contributed by atoms with Gasteiger partial charge in [-0.2, -0.15) is 0 Å². The molecule has 3 rings (SSSR count). The van der Waals surface area contributed by atoms with Crippen LogP contribution in [0.2, 0.25) is 0 Å². The number of aryl methyl sites for hydroxylation is 1. The Morgan fingerprint density at radius 1 is 1.37 bits per heavy atom. The molecule has 0 aliphatic heterocycles. The van der Waals surface area contributed by atoms with E-state index in [1.54, 1.807) is 0 Å². The molecule has 19 heavy (non-hydrogen) atoms. The molecule has 106 valence electrons. The first-order chi connectivity index (χ1) is 9.25. The largest absolute Gasteiger partial charge is 0.393 e. The molecule has 2 saturated carbocycles. The van der Waals surface area contributed by atoms with Gasteiger partial charge < -0.3 is 9.67 Å². The Morgan fingerprint density at radius 3 is 2.89 bits per heavy atom. The molecule has 1 aromatic heterocycles. The highest BCUT2D eigenvalue weighted by Gasteiger charge is 2.46. The Hall–Kier alpha value is -0.830. The van der Waals surface area contributed by atoms with Crippen LogP contribution in [0, 0.1) is 5.41 Å². The maximum atomic E-state index is 10.1. The van der Waals surface area contributed by atoms with Crippen LogP contribution in [0.4, 0.5) is 0 Å². The van der Waals surface area contributed by atoms with Crippen molar-refractivity contribution in [3.05, 3.63) is 18.2 Å². The second-order valence-electron chi connectivity index (χ2n) is 6.51. The van der Waals surface area contributed by atoms with Crippen LogP contribution in [0.15, 0.2) is 12.4 Å². The van der Waals surface area contributed by atoms with Crippen LogP contribution in [0.3, 0.4) is 0 Å². The average Bonchev–Trinajstić information content (AvgIpc) is 3.03. The van der Waals surface area contributed by atoms with Crippen molar-refractivity contribution < 1.29 is 5.11 Å². The van der Waals surface area contributed by atoms with Crippen LogP contribution in [-0.2, 0) is 6.42 Å². The van der Waals surface area contributed by atoms with Crippen LogP contribution >= 0.6 is 0 Å². The number of rotatable bonds is 3. The van der Waals surface area contributed by atoms with Crippen molar-refractivity contribution in [3.63, 3.8) is 0 Å². The number of imidazole rings is 1. The zero-order chi connectivity index (χ0) is 13.3. The Morgan fingerprint density at radius 2 is 2.16 bits per heavy atom. The first-order valence-corrected chi connectivity index (χ1v) is 7.95. The van der Waals surface area contributed by atoms with E-state index in [9.17, 15) is 5.11 Å². The molecule has 2 unspecified atom stereocenters. The smallest absolute Gasteiger partial charge is 0.108 e. The van der Waals surface area contributed by atoms with Crippen molar-refractivity contribution in [3.8, 4) is 0 Å². The molecule has 2 aliphatic rings. The van der Waals surface area contributed by atoms with Gasteiger partial charge in [0.05, 0.1) is 6.10 Å². The van der Waals surface area contributed by atoms with E-state index >= 15 is 0 Å². The summed E-state index contributed by atoms with van der Waals surface area (Å²) in [5, 5.41) is 10.1. The van der Waals surface area contributed by atoms with Gasteiger partial charge in [0.2, 0.25) is 0 Å². The minimum Gasteiger partial charge on any atom is -0.393 e. The fraction of sp³-hybridized carbons (Fsp3) is 0.812. The number of hydrogen-bond acceptors (Lipinski definition) is 2. The normalized spacial score (nSPS) is 30.0. The molecule has 2 atom stereocenters. The minimum absolute atomic E-state index is 0.117. The molecule has 0 saturated heterocycles. The van der Waals surface area contributed by atoms with Crippen molar-refractivity contribution >= 4 is 0 Å². The second kappa shape index (κ2) is 5.28. The average molecular weight is 262 g/mol. The van der Waals surface area contributed by atoms with E-state index in [-0.39, 0.29) is 6.10 Å². The number of aromatic nitrogens is 2. The van der Waals surface area contributed by atoms with Gasteiger partial charge in [-0.05, 0) is 43.9 Å². The summed E-state index contributed by atoms with van der Waals surface area (Å²) in [6.45, 7) is 2.21. The molecule has 3 nitrogen and oxygen atoms in total. The van der Waals surface area contributed by atoms with E-state index in [4.69, 9.17) is 0 Å². The summed E-state index contributed by atoms with van der Waals surface area (Å²) < 4.78 is 2.40. The van der Waals surface area contributed by atoms with Gasteiger partial charge >= 0.3 is 0 Å². The van der Waals surface area contributed by atoms with Gasteiger partial charge in [0, 0.05) is 24.9 Å². The highest BCUT2D eigenvalue weighted by molar-refractivity contribution is 5.04. The molecule has 0 bridgehead atoms. The summed E-state index contributed by atoms with van der Waals surface area (Å²) in [7, 11) is 0. The number of hydrogen-bond donors (Lipinski definition) is 1. The van der Waals surface area contributed by atoms with Gasteiger partial charge in [-0.25, -0.2) is 4.98 Å². The van der Waals surface area contributed by atoms with Gasteiger partial charge in [-0.15, -0.1) is 0 Å². The molecular weight excluding hydrogens is 236 g/mol. The molecule has 0 radical (unpaired) electrons. The third kappa shape index (κ3) is 2.33. The summed E-state index contributed by atoms with van der Waals surface area (Å²) in [6, 6.07) is 0.475. The number of aliphatic hydroxyl groups is 1. The van der Waals surface area contributed by atoms with E-state index in [0.717, 1.165) is 25.7 Å². The number of aliphatic hydroxyl groups excluding tert-OH is 1. The molecule has 2 aliphatic carbocycles. The molecule has 0 amide bonds. The van der Waals surface area contributed by atoms with Crippen molar-refractivity contribution in [2.24, 2.45) is 5.41 Å². The van der Waals surface area contributed by atoms with Crippen LogP contribution < -0.4 is 0 Å². The Labute approximate surface area is 116 Å². The fourth-order valence-electron chi connectivity index (χ4n) is 4.36. The van der Waals surface area contributed by atoms with Crippen LogP contribution in [0.5, 0.6) is 0 Å². The van der Waals surface area contributed by atoms with E-state index in [0.29, 0.717) is 11.5 Å². The highest BCUT2D eigenvalue weighted by atomic mass is 16.3. The highest BCUT2D eigenvalue weighted by Crippen LogP contribution is 2.54. The summed E-state index contributed by atoms with van der Waals surface area (Å²) >= 11 is 0. The van der Waals surface area contributed by atoms with E-state index in [1.807, 2.05) is 6.20 Å². The van der Waals surface area contributed by atoms with Crippen molar-refractivity contribution in [1.82, 2.24) is 9.55 Å². The molecule has 1 heterocycles. The predicted octanol–water partition coefficient (Wildman–Crippen LogP) is 3.48. The zero-order valence-electron chi connectivity index (χ0n) is 12.0. The van der Waals surface area contributed by atoms with Crippen molar-refractivity contribution in [2.45, 2.75) is 76.9 Å². The van der Waals surface area contributed by atoms with Crippen LogP contribution in [0.1, 0.15) is 70.2 Å². The summed E-state index contributed by atoms with van der Waals surface area (Å²) in [6.07, 6.45) is 14.7. The first-order valence-electron chi connectivity index (χ1n) is 7.95. The third-order valence-electron chi connectivity index (χ3n) is 5.34. The van der Waals surface area contributed by atoms with Gasteiger partial charge in [0.1, 0.15) is 5.82 Å². The topological polar surface area (TPSA) is 38.0 Å². The van der Waals surface area contributed by atoms with Gasteiger partial charge in [0.25, 0.3) is 0 Å². The number of nitrogens with zero attached hydrogens (tertiary/aromatic N) is 2. The molecule has 1 aromatic rings. The molecule has 3 heteroatoms. The lowest BCUT2D eigenvalue weighted by Gasteiger charge is -2.44. The van der Waals surface area contributed by atoms with Crippen LogP contribution in [0.25, 0.3) is 0 Å². The Balaban J connectivity index is 1.91. The van der Waals surface area contributed by atoms with E-state index in [2.05, 4.69) is 22.7 Å². The van der Waals surface area contributed by atoms with E-state index in [1.165, 1.54) is 37.9 Å².